The molecule has 0 atom stereocenters. The number of nitrogens with one attached hydrogen (secondary N) is 1. The van der Waals surface area contributed by atoms with Crippen LogP contribution < -0.4 is 5.32 Å². The minimum absolute atomic E-state index is 0.502. The van der Waals surface area contributed by atoms with E-state index in [1.165, 1.54) is 0 Å². The molecule has 2 aromatic heterocycles. The minimum atomic E-state index is -2.76. The van der Waals surface area contributed by atoms with E-state index in [1.54, 1.807) is 10.9 Å². The topological polar surface area (TPSA) is 63.1 Å². The summed E-state index contributed by atoms with van der Waals surface area (Å²) in [5.74, 6) is -2.76. The molecule has 1 aliphatic heterocycles. The highest BCUT2D eigenvalue weighted by molar-refractivity contribution is 5.79. The van der Waals surface area contributed by atoms with Crippen molar-refractivity contribution in [2.24, 2.45) is 0 Å². The number of nitrogens with zero attached hydrogens (tertiary/aromatic N) is 4. The zero-order valence-corrected chi connectivity index (χ0v) is 13.7. The van der Waals surface area contributed by atoms with Crippen molar-refractivity contribution in [3.63, 3.8) is 0 Å². The van der Waals surface area contributed by atoms with Crippen LogP contribution in [0.1, 0.15) is 18.4 Å². The molecule has 4 rings (SSSR count). The Labute approximate surface area is 142 Å². The van der Waals surface area contributed by atoms with Crippen molar-refractivity contribution in [1.82, 2.24) is 25.0 Å². The Morgan fingerprint density at radius 3 is 2.92 bits per heavy atom. The Balaban J connectivity index is 1.50. The summed E-state index contributed by atoms with van der Waals surface area (Å²) < 4.78 is 27.5. The molecule has 6 nitrogen and oxygen atoms in total. The lowest BCUT2D eigenvalue weighted by Gasteiger charge is -2.38. The molecule has 130 valence electrons. The third kappa shape index (κ3) is 3.11. The number of aryl methyl sites for hydroxylation is 1. The molecule has 2 aromatic rings. The van der Waals surface area contributed by atoms with Crippen LogP contribution in [-0.2, 0) is 0 Å². The van der Waals surface area contributed by atoms with Crippen molar-refractivity contribution >= 4 is 22.8 Å². The van der Waals surface area contributed by atoms with Gasteiger partial charge in [0.2, 0.25) is 0 Å². The lowest BCUT2D eigenvalue weighted by atomic mass is 10.1. The normalized spacial score (nSPS) is 19.2. The van der Waals surface area contributed by atoms with E-state index in [4.69, 9.17) is 0 Å². The highest BCUT2D eigenvalue weighted by Crippen LogP contribution is 2.27. The largest absolute Gasteiger partial charge is 0.322 e. The van der Waals surface area contributed by atoms with Crippen LogP contribution in [0.4, 0.5) is 13.6 Å². The van der Waals surface area contributed by atoms with E-state index in [1.807, 2.05) is 31.3 Å². The SMILES string of the molecule is Cc1cnc2nn(C3=CC(NC(=O)N4CC(F)(F)C4)=CCC3)cc2c1. The van der Waals surface area contributed by atoms with Gasteiger partial charge in [0.25, 0.3) is 5.92 Å². The Morgan fingerprint density at radius 1 is 1.36 bits per heavy atom. The summed E-state index contributed by atoms with van der Waals surface area (Å²) in [7, 11) is 0. The molecule has 0 bridgehead atoms. The van der Waals surface area contributed by atoms with E-state index in [0.717, 1.165) is 34.4 Å². The summed E-state index contributed by atoms with van der Waals surface area (Å²) in [6, 6.07) is 1.51. The number of carbonyl (C=O) groups excluding carboxylic acids is 1. The quantitative estimate of drug-likeness (QED) is 0.910. The molecule has 0 unspecified atom stereocenters. The van der Waals surface area contributed by atoms with E-state index >= 15 is 0 Å². The smallest absolute Gasteiger partial charge is 0.312 e. The van der Waals surface area contributed by atoms with Gasteiger partial charge in [-0.3, -0.25) is 0 Å². The number of likely N-dealkylation sites (tertiary alicyclic amines) is 1. The molecule has 2 amide bonds. The van der Waals surface area contributed by atoms with E-state index in [2.05, 4.69) is 15.4 Å². The predicted octanol–water partition coefficient (Wildman–Crippen LogP) is 2.92. The number of rotatable bonds is 2. The maximum atomic E-state index is 12.9. The van der Waals surface area contributed by atoms with Gasteiger partial charge in [-0.2, -0.15) is 0 Å². The van der Waals surface area contributed by atoms with Crippen LogP contribution in [-0.4, -0.2) is 44.7 Å². The first-order valence-electron chi connectivity index (χ1n) is 8.07. The first-order chi connectivity index (χ1) is 11.9. The summed E-state index contributed by atoms with van der Waals surface area (Å²) in [4.78, 5) is 17.4. The van der Waals surface area contributed by atoms with Gasteiger partial charge in [0.1, 0.15) is 0 Å². The fraction of sp³-hybridized carbons (Fsp3) is 0.353. The van der Waals surface area contributed by atoms with Crippen LogP contribution in [0.15, 0.2) is 36.3 Å². The fourth-order valence-electron chi connectivity index (χ4n) is 2.99. The third-order valence-electron chi connectivity index (χ3n) is 4.26. The van der Waals surface area contributed by atoms with Crippen molar-refractivity contribution in [3.8, 4) is 0 Å². The fourth-order valence-corrected chi connectivity index (χ4v) is 2.99. The molecule has 8 heteroatoms. The maximum Gasteiger partial charge on any atom is 0.322 e. The van der Waals surface area contributed by atoms with E-state index in [-0.39, 0.29) is 0 Å². The first-order valence-corrected chi connectivity index (χ1v) is 8.07. The zero-order chi connectivity index (χ0) is 17.6. The van der Waals surface area contributed by atoms with Gasteiger partial charge in [-0.15, -0.1) is 5.10 Å². The van der Waals surface area contributed by atoms with Crippen molar-refractivity contribution in [3.05, 3.63) is 41.9 Å². The highest BCUT2D eigenvalue weighted by atomic mass is 19.3. The first kappa shape index (κ1) is 15.7. The molecule has 25 heavy (non-hydrogen) atoms. The van der Waals surface area contributed by atoms with E-state index in [0.29, 0.717) is 11.3 Å². The Morgan fingerprint density at radius 2 is 2.16 bits per heavy atom. The highest BCUT2D eigenvalue weighted by Gasteiger charge is 2.46. The molecule has 1 N–H and O–H groups in total. The lowest BCUT2D eigenvalue weighted by molar-refractivity contribution is -0.109. The molecule has 1 aliphatic carbocycles. The molecule has 0 spiro atoms. The molecule has 1 fully saturated rings. The molecule has 0 aromatic carbocycles. The number of halogens is 2. The minimum Gasteiger partial charge on any atom is -0.312 e. The van der Waals surface area contributed by atoms with Gasteiger partial charge in [0.15, 0.2) is 5.65 Å². The predicted molar refractivity (Wildman–Crippen MR) is 88.9 cm³/mol. The molecule has 0 radical (unpaired) electrons. The summed E-state index contributed by atoms with van der Waals surface area (Å²) in [5.41, 5.74) is 3.24. The molecular formula is C17H17F2N5O. The van der Waals surface area contributed by atoms with Crippen LogP contribution in [0.3, 0.4) is 0 Å². The average molecular weight is 345 g/mol. The number of aromatic nitrogens is 3. The standard InChI is InChI=1S/C17H17F2N5O/c1-11-5-12-8-24(22-15(12)20-7-11)14-4-2-3-13(6-14)21-16(25)23-9-17(18,19)10-23/h3,5-8H,2,4,9-10H2,1H3,(H,21,25). The summed E-state index contributed by atoms with van der Waals surface area (Å²) >= 11 is 0. The number of allylic oxidation sites excluding steroid dienone is 3. The van der Waals surface area contributed by atoms with Crippen molar-refractivity contribution < 1.29 is 13.6 Å². The van der Waals surface area contributed by atoms with Crippen molar-refractivity contribution in [2.45, 2.75) is 25.7 Å². The number of hydrogen-bond donors (Lipinski definition) is 1. The van der Waals surface area contributed by atoms with Gasteiger partial charge in [0.05, 0.1) is 13.1 Å². The van der Waals surface area contributed by atoms with Gasteiger partial charge in [-0.05, 0) is 37.5 Å². The number of hydrogen-bond acceptors (Lipinski definition) is 3. The number of fused-ring (bicyclic) bond motifs is 1. The summed E-state index contributed by atoms with van der Waals surface area (Å²) in [6.07, 6.45) is 8.88. The molecule has 0 saturated carbocycles. The molecular weight excluding hydrogens is 328 g/mol. The Kier molecular flexibility index (Phi) is 3.55. The van der Waals surface area contributed by atoms with Crippen LogP contribution in [0.2, 0.25) is 0 Å². The summed E-state index contributed by atoms with van der Waals surface area (Å²) in [6.45, 7) is 0.913. The second-order valence-electron chi connectivity index (χ2n) is 6.48. The molecule has 3 heterocycles. The van der Waals surface area contributed by atoms with Crippen LogP contribution >= 0.6 is 0 Å². The zero-order valence-electron chi connectivity index (χ0n) is 13.7. The van der Waals surface area contributed by atoms with Gasteiger partial charge < -0.3 is 10.2 Å². The Hall–Kier alpha value is -2.77. The van der Waals surface area contributed by atoms with E-state index < -0.39 is 25.0 Å². The second kappa shape index (κ2) is 5.65. The Bertz CT molecular complexity index is 907. The lowest BCUT2D eigenvalue weighted by Crippen LogP contribution is -2.60. The monoisotopic (exact) mass is 345 g/mol. The van der Waals surface area contributed by atoms with E-state index in [9.17, 15) is 13.6 Å². The van der Waals surface area contributed by atoms with Gasteiger partial charge in [-0.1, -0.05) is 6.08 Å². The van der Waals surface area contributed by atoms with Crippen molar-refractivity contribution in [1.29, 1.82) is 0 Å². The second-order valence-corrected chi connectivity index (χ2v) is 6.48. The van der Waals surface area contributed by atoms with Gasteiger partial charge >= 0.3 is 6.03 Å². The van der Waals surface area contributed by atoms with Crippen molar-refractivity contribution in [2.75, 3.05) is 13.1 Å². The van der Waals surface area contributed by atoms with Crippen LogP contribution in [0.25, 0.3) is 16.7 Å². The number of carbonyl (C=O) groups is 1. The number of amides is 2. The van der Waals surface area contributed by atoms with Gasteiger partial charge in [0, 0.05) is 29.2 Å². The average Bonchev–Trinajstić information content (AvgIpc) is 2.96. The number of pyridine rings is 1. The summed E-state index contributed by atoms with van der Waals surface area (Å²) in [5, 5.41) is 8.09. The van der Waals surface area contributed by atoms with Gasteiger partial charge in [-0.25, -0.2) is 23.2 Å². The molecule has 1 saturated heterocycles. The number of urea groups is 1. The maximum absolute atomic E-state index is 12.9. The van der Waals surface area contributed by atoms with Crippen LogP contribution in [0, 0.1) is 6.92 Å². The molecule has 2 aliphatic rings. The number of alkyl halides is 2. The van der Waals surface area contributed by atoms with Crippen LogP contribution in [0.5, 0.6) is 0 Å². The third-order valence-corrected chi connectivity index (χ3v) is 4.26.